The summed E-state index contributed by atoms with van der Waals surface area (Å²) >= 11 is 1.60. The van der Waals surface area contributed by atoms with E-state index < -0.39 is 0 Å². The molecule has 1 fully saturated rings. The summed E-state index contributed by atoms with van der Waals surface area (Å²) in [5, 5.41) is 3.01. The van der Waals surface area contributed by atoms with Crippen LogP contribution >= 0.6 is 11.3 Å². The third-order valence-corrected chi connectivity index (χ3v) is 5.04. The number of piperazine rings is 1. The minimum Gasteiger partial charge on any atom is -0.337 e. The van der Waals surface area contributed by atoms with Crippen molar-refractivity contribution in [2.24, 2.45) is 0 Å². The first-order valence-corrected chi connectivity index (χ1v) is 8.81. The number of carbonyl (C=O) groups is 1. The molecule has 6 heteroatoms. The van der Waals surface area contributed by atoms with Crippen molar-refractivity contribution in [3.63, 3.8) is 0 Å². The summed E-state index contributed by atoms with van der Waals surface area (Å²) in [5.74, 6) is 0.181. The normalized spacial score (nSPS) is 19.0. The van der Waals surface area contributed by atoms with Gasteiger partial charge in [0.25, 0.3) is 0 Å². The second-order valence-electron chi connectivity index (χ2n) is 6.11. The van der Waals surface area contributed by atoms with Gasteiger partial charge < -0.3 is 9.80 Å². The first-order chi connectivity index (χ1) is 11.1. The molecule has 3 heterocycles. The van der Waals surface area contributed by atoms with Crippen LogP contribution in [0.3, 0.4) is 0 Å². The van der Waals surface area contributed by atoms with Gasteiger partial charge in [0.15, 0.2) is 0 Å². The molecule has 1 saturated heterocycles. The number of aromatic nitrogens is 2. The molecule has 1 aliphatic rings. The summed E-state index contributed by atoms with van der Waals surface area (Å²) in [7, 11) is 2.10. The standard InChI is InChI=1S/C17H22N4OS/c1-13-11-20(2)7-8-21(13)17(22)10-15-12-23-16(19-15)9-14-5-3-4-6-18-14/h3-6,12-13H,7-11H2,1-2H3/t13-/m0/s1. The molecule has 23 heavy (non-hydrogen) atoms. The Balaban J connectivity index is 1.59. The molecule has 0 spiro atoms. The molecule has 3 rings (SSSR count). The Kier molecular flexibility index (Phi) is 5.03. The number of amides is 1. The summed E-state index contributed by atoms with van der Waals surface area (Å²) < 4.78 is 0. The van der Waals surface area contributed by atoms with Crippen molar-refractivity contribution in [1.82, 2.24) is 19.8 Å². The number of hydrogen-bond donors (Lipinski definition) is 0. The molecule has 0 aromatic carbocycles. The number of likely N-dealkylation sites (N-methyl/N-ethyl adjacent to an activating group) is 1. The highest BCUT2D eigenvalue weighted by Crippen LogP contribution is 2.16. The van der Waals surface area contributed by atoms with Gasteiger partial charge in [0.1, 0.15) is 0 Å². The fourth-order valence-corrected chi connectivity index (χ4v) is 3.74. The fraction of sp³-hybridized carbons (Fsp3) is 0.471. The maximum atomic E-state index is 12.5. The van der Waals surface area contributed by atoms with Gasteiger partial charge in [0, 0.05) is 49.4 Å². The Bertz CT molecular complexity index is 658. The van der Waals surface area contributed by atoms with Gasteiger partial charge in [0.2, 0.25) is 5.91 Å². The van der Waals surface area contributed by atoms with E-state index in [9.17, 15) is 4.79 Å². The van der Waals surface area contributed by atoms with E-state index in [1.807, 2.05) is 28.5 Å². The lowest BCUT2D eigenvalue weighted by atomic mass is 10.1. The average molecular weight is 330 g/mol. The number of rotatable bonds is 4. The first-order valence-electron chi connectivity index (χ1n) is 7.93. The molecular weight excluding hydrogens is 308 g/mol. The van der Waals surface area contributed by atoms with E-state index in [0.717, 1.165) is 42.5 Å². The van der Waals surface area contributed by atoms with Gasteiger partial charge in [-0.2, -0.15) is 0 Å². The monoisotopic (exact) mass is 330 g/mol. The predicted molar refractivity (Wildman–Crippen MR) is 91.5 cm³/mol. The topological polar surface area (TPSA) is 49.3 Å². The van der Waals surface area contributed by atoms with Crippen LogP contribution in [0.25, 0.3) is 0 Å². The second kappa shape index (κ2) is 7.19. The minimum absolute atomic E-state index is 0.181. The number of carbonyl (C=O) groups excluding carboxylic acids is 1. The summed E-state index contributed by atoms with van der Waals surface area (Å²) in [5.41, 5.74) is 1.88. The third kappa shape index (κ3) is 4.14. The highest BCUT2D eigenvalue weighted by molar-refractivity contribution is 7.09. The zero-order chi connectivity index (χ0) is 16.2. The van der Waals surface area contributed by atoms with Gasteiger partial charge in [-0.05, 0) is 26.1 Å². The van der Waals surface area contributed by atoms with Crippen molar-refractivity contribution in [3.8, 4) is 0 Å². The molecular formula is C17H22N4OS. The number of nitrogens with zero attached hydrogens (tertiary/aromatic N) is 4. The van der Waals surface area contributed by atoms with Crippen molar-refractivity contribution >= 4 is 17.2 Å². The third-order valence-electron chi connectivity index (χ3n) is 4.14. The number of thiazole rings is 1. The highest BCUT2D eigenvalue weighted by Gasteiger charge is 2.26. The molecule has 0 unspecified atom stereocenters. The van der Waals surface area contributed by atoms with E-state index in [1.54, 1.807) is 17.5 Å². The maximum absolute atomic E-state index is 12.5. The Morgan fingerprint density at radius 1 is 1.35 bits per heavy atom. The lowest BCUT2D eigenvalue weighted by Crippen LogP contribution is -2.53. The van der Waals surface area contributed by atoms with Crippen molar-refractivity contribution in [3.05, 3.63) is 46.2 Å². The van der Waals surface area contributed by atoms with E-state index in [2.05, 4.69) is 28.8 Å². The quantitative estimate of drug-likeness (QED) is 0.858. The van der Waals surface area contributed by atoms with Crippen LogP contribution in [0.4, 0.5) is 0 Å². The van der Waals surface area contributed by atoms with E-state index in [0.29, 0.717) is 6.42 Å². The lowest BCUT2D eigenvalue weighted by Gasteiger charge is -2.38. The van der Waals surface area contributed by atoms with Crippen LogP contribution in [0, 0.1) is 0 Å². The van der Waals surface area contributed by atoms with Crippen LogP contribution in [-0.2, 0) is 17.6 Å². The Morgan fingerprint density at radius 2 is 2.22 bits per heavy atom. The van der Waals surface area contributed by atoms with Crippen LogP contribution in [-0.4, -0.2) is 58.4 Å². The Hall–Kier alpha value is -1.79. The van der Waals surface area contributed by atoms with Gasteiger partial charge >= 0.3 is 0 Å². The van der Waals surface area contributed by atoms with E-state index in [1.165, 1.54) is 0 Å². The maximum Gasteiger partial charge on any atom is 0.228 e. The van der Waals surface area contributed by atoms with Crippen LogP contribution in [0.2, 0.25) is 0 Å². The SMILES string of the molecule is C[C@H]1CN(C)CCN1C(=O)Cc1csc(Cc2ccccn2)n1. The molecule has 2 aromatic heterocycles. The average Bonchev–Trinajstić information content (AvgIpc) is 2.95. The summed E-state index contributed by atoms with van der Waals surface area (Å²) in [6.45, 7) is 4.80. The molecule has 0 bridgehead atoms. The van der Waals surface area contributed by atoms with Crippen molar-refractivity contribution in [2.45, 2.75) is 25.8 Å². The van der Waals surface area contributed by atoms with Crippen LogP contribution in [0.1, 0.15) is 23.3 Å². The first kappa shape index (κ1) is 16.1. The zero-order valence-electron chi connectivity index (χ0n) is 13.6. The van der Waals surface area contributed by atoms with Crippen molar-refractivity contribution in [1.29, 1.82) is 0 Å². The summed E-state index contributed by atoms with van der Waals surface area (Å²) in [6.07, 6.45) is 2.92. The van der Waals surface area contributed by atoms with Gasteiger partial charge in [-0.1, -0.05) is 6.07 Å². The lowest BCUT2D eigenvalue weighted by molar-refractivity contribution is -0.134. The smallest absolute Gasteiger partial charge is 0.228 e. The van der Waals surface area contributed by atoms with Crippen molar-refractivity contribution in [2.75, 3.05) is 26.7 Å². The predicted octanol–water partition coefficient (Wildman–Crippen LogP) is 1.83. The Morgan fingerprint density at radius 3 is 2.96 bits per heavy atom. The van der Waals surface area contributed by atoms with Gasteiger partial charge in [-0.3, -0.25) is 9.78 Å². The summed E-state index contributed by atoms with van der Waals surface area (Å²) in [6, 6.07) is 6.16. The molecule has 5 nitrogen and oxygen atoms in total. The van der Waals surface area contributed by atoms with Crippen LogP contribution in [0.5, 0.6) is 0 Å². The molecule has 2 aromatic rings. The Labute approximate surface area is 141 Å². The fourth-order valence-electron chi connectivity index (χ4n) is 2.94. The molecule has 0 saturated carbocycles. The molecule has 1 aliphatic heterocycles. The summed E-state index contributed by atoms with van der Waals surface area (Å²) in [4.78, 5) is 25.7. The van der Waals surface area contributed by atoms with Gasteiger partial charge in [0.05, 0.1) is 17.1 Å². The van der Waals surface area contributed by atoms with Crippen molar-refractivity contribution < 1.29 is 4.79 Å². The molecule has 122 valence electrons. The minimum atomic E-state index is 0.181. The van der Waals surface area contributed by atoms with E-state index >= 15 is 0 Å². The van der Waals surface area contributed by atoms with E-state index in [-0.39, 0.29) is 11.9 Å². The molecule has 0 N–H and O–H groups in total. The molecule has 1 atom stereocenters. The second-order valence-corrected chi connectivity index (χ2v) is 7.05. The zero-order valence-corrected chi connectivity index (χ0v) is 14.4. The molecule has 0 aliphatic carbocycles. The molecule has 0 radical (unpaired) electrons. The number of hydrogen-bond acceptors (Lipinski definition) is 5. The number of pyridine rings is 1. The van der Waals surface area contributed by atoms with Gasteiger partial charge in [-0.25, -0.2) is 4.98 Å². The van der Waals surface area contributed by atoms with Gasteiger partial charge in [-0.15, -0.1) is 11.3 Å². The van der Waals surface area contributed by atoms with E-state index in [4.69, 9.17) is 0 Å². The highest BCUT2D eigenvalue weighted by atomic mass is 32.1. The van der Waals surface area contributed by atoms with Crippen LogP contribution in [0.15, 0.2) is 29.8 Å². The van der Waals surface area contributed by atoms with Crippen LogP contribution < -0.4 is 0 Å². The largest absolute Gasteiger partial charge is 0.337 e. The molecule has 1 amide bonds.